The largest absolute Gasteiger partial charge is 0.476 e. The van der Waals surface area contributed by atoms with Gasteiger partial charge >= 0.3 is 12.3 Å². The van der Waals surface area contributed by atoms with Crippen molar-refractivity contribution in [3.8, 4) is 5.88 Å². The zero-order valence-electron chi connectivity index (χ0n) is 27.6. The minimum atomic E-state index is -4.57. The van der Waals surface area contributed by atoms with Gasteiger partial charge in [-0.2, -0.15) is 17.6 Å². The van der Waals surface area contributed by atoms with Crippen LogP contribution in [0.15, 0.2) is 79.0 Å². The molecule has 3 heterocycles. The number of pyridine rings is 1. The Morgan fingerprint density at radius 3 is 2.46 bits per heavy atom. The Hall–Kier alpha value is -5.24. The monoisotopic (exact) mass is 695 g/mol. The van der Waals surface area contributed by atoms with Gasteiger partial charge in [0, 0.05) is 51.1 Å². The molecule has 0 spiro atoms. The standard InChI is InChI=1S/C36H37F4N5O5/c1-43(2)31(46)11-8-17-44(35(47)48)18-20-49-30-16-14-26(23-41-30)33(28(22-36(38,39)40)24-9-4-3-5-10-24)25-13-15-29-27(21-25)34(37)42-45(29)32-12-6-7-19-50-32/h3-5,8-11,13-16,21,23,32H,6-7,12,17-20,22H2,1-2H3,(H,47,48). The van der Waals surface area contributed by atoms with E-state index in [2.05, 4.69) is 10.1 Å². The molecule has 5 rings (SSSR count). The highest BCUT2D eigenvalue weighted by molar-refractivity contribution is 6.00. The number of fused-ring (bicyclic) bond motifs is 1. The van der Waals surface area contributed by atoms with E-state index >= 15 is 4.39 Å². The molecule has 1 unspecified atom stereocenters. The van der Waals surface area contributed by atoms with Gasteiger partial charge in [-0.25, -0.2) is 14.5 Å². The van der Waals surface area contributed by atoms with Crippen molar-refractivity contribution in [1.82, 2.24) is 24.6 Å². The fourth-order valence-electron chi connectivity index (χ4n) is 5.65. The molecule has 0 aliphatic carbocycles. The summed E-state index contributed by atoms with van der Waals surface area (Å²) in [6, 6.07) is 16.0. The number of hydrogen-bond donors (Lipinski definition) is 1. The summed E-state index contributed by atoms with van der Waals surface area (Å²) >= 11 is 0. The van der Waals surface area contributed by atoms with Crippen molar-refractivity contribution in [2.75, 3.05) is 40.4 Å². The minimum absolute atomic E-state index is 0.0331. The van der Waals surface area contributed by atoms with Crippen molar-refractivity contribution in [2.45, 2.75) is 38.1 Å². The lowest BCUT2D eigenvalue weighted by atomic mass is 9.88. The van der Waals surface area contributed by atoms with Crippen LogP contribution in [-0.4, -0.2) is 88.2 Å². The molecule has 10 nitrogen and oxygen atoms in total. The Kier molecular flexibility index (Phi) is 11.5. The molecule has 2 aromatic heterocycles. The van der Waals surface area contributed by atoms with Crippen LogP contribution in [0.4, 0.5) is 22.4 Å². The van der Waals surface area contributed by atoms with Crippen LogP contribution in [0.1, 0.15) is 48.6 Å². The van der Waals surface area contributed by atoms with E-state index in [1.807, 2.05) is 0 Å². The third kappa shape index (κ3) is 9.05. The summed E-state index contributed by atoms with van der Waals surface area (Å²) in [6.07, 6.45) is -0.955. The predicted molar refractivity (Wildman–Crippen MR) is 179 cm³/mol. The maximum atomic E-state index is 15.3. The van der Waals surface area contributed by atoms with E-state index in [0.717, 1.165) is 17.7 Å². The van der Waals surface area contributed by atoms with Crippen LogP contribution in [0.2, 0.25) is 0 Å². The average Bonchev–Trinajstić information content (AvgIpc) is 3.43. The third-order valence-electron chi connectivity index (χ3n) is 8.11. The van der Waals surface area contributed by atoms with Gasteiger partial charge in [0.15, 0.2) is 6.23 Å². The number of benzene rings is 2. The molecule has 14 heteroatoms. The van der Waals surface area contributed by atoms with Crippen molar-refractivity contribution in [2.24, 2.45) is 0 Å². The lowest BCUT2D eigenvalue weighted by molar-refractivity contribution is -0.124. The molecule has 1 N–H and O–H groups in total. The van der Waals surface area contributed by atoms with E-state index in [1.165, 1.54) is 40.1 Å². The molecule has 1 atom stereocenters. The Labute approximate surface area is 286 Å². The van der Waals surface area contributed by atoms with Crippen molar-refractivity contribution in [3.63, 3.8) is 0 Å². The number of hydrogen-bond acceptors (Lipinski definition) is 6. The number of nitrogens with zero attached hydrogens (tertiary/aromatic N) is 5. The predicted octanol–water partition coefficient (Wildman–Crippen LogP) is 7.18. The van der Waals surface area contributed by atoms with Gasteiger partial charge in [0.1, 0.15) is 6.61 Å². The van der Waals surface area contributed by atoms with Gasteiger partial charge in [-0.1, -0.05) is 42.5 Å². The molecule has 2 amide bonds. The summed E-state index contributed by atoms with van der Waals surface area (Å²) in [6.45, 7) is 0.361. The number of likely N-dealkylation sites (N-methyl/N-ethyl adjacent to an activating group) is 1. The lowest BCUT2D eigenvalue weighted by Gasteiger charge is -2.23. The summed E-state index contributed by atoms with van der Waals surface area (Å²) in [5, 5.41) is 13.8. The van der Waals surface area contributed by atoms with E-state index in [1.54, 1.807) is 62.6 Å². The first-order chi connectivity index (χ1) is 23.9. The number of amides is 2. The highest BCUT2D eigenvalue weighted by atomic mass is 19.4. The maximum absolute atomic E-state index is 15.3. The van der Waals surface area contributed by atoms with Gasteiger partial charge in [0.05, 0.1) is 23.9 Å². The number of carboxylic acid groups (broad SMARTS) is 1. The summed E-state index contributed by atoms with van der Waals surface area (Å²) in [5.41, 5.74) is 1.62. The van der Waals surface area contributed by atoms with Crippen LogP contribution in [0.5, 0.6) is 5.88 Å². The SMILES string of the molecule is CN(C)C(=O)C=CCN(CCOc1ccc(C(=C(CC(F)(F)F)c2ccccc2)c2ccc3c(c2)c(F)nn3C2CCCCO2)cn1)C(=O)O. The molecule has 0 radical (unpaired) electrons. The summed E-state index contributed by atoms with van der Waals surface area (Å²) in [5.74, 6) is -0.933. The second-order valence-corrected chi connectivity index (χ2v) is 11.9. The van der Waals surface area contributed by atoms with Crippen molar-refractivity contribution < 1.29 is 41.7 Å². The van der Waals surface area contributed by atoms with Crippen LogP contribution in [0.25, 0.3) is 22.0 Å². The molecule has 1 saturated heterocycles. The number of aromatic nitrogens is 3. The molecule has 4 aromatic rings. The van der Waals surface area contributed by atoms with Crippen molar-refractivity contribution >= 4 is 34.0 Å². The van der Waals surface area contributed by atoms with Crippen LogP contribution < -0.4 is 4.74 Å². The number of rotatable bonds is 12. The molecule has 1 aliphatic rings. The summed E-state index contributed by atoms with van der Waals surface area (Å²) < 4.78 is 70.8. The lowest BCUT2D eigenvalue weighted by Crippen LogP contribution is -2.33. The van der Waals surface area contributed by atoms with Gasteiger partial charge < -0.3 is 24.4 Å². The quantitative estimate of drug-likeness (QED) is 0.0950. The fourth-order valence-corrected chi connectivity index (χ4v) is 5.65. The number of allylic oxidation sites excluding steroid dienone is 1. The Balaban J connectivity index is 1.47. The molecular formula is C36H37F4N5O5. The number of carbonyl (C=O) groups excluding carboxylic acids is 1. The van der Waals surface area contributed by atoms with Gasteiger partial charge in [0.25, 0.3) is 0 Å². The van der Waals surface area contributed by atoms with E-state index in [0.29, 0.717) is 35.2 Å². The molecule has 2 aromatic carbocycles. The first-order valence-corrected chi connectivity index (χ1v) is 16.0. The maximum Gasteiger partial charge on any atom is 0.407 e. The Morgan fingerprint density at radius 1 is 1.06 bits per heavy atom. The molecule has 50 heavy (non-hydrogen) atoms. The minimum Gasteiger partial charge on any atom is -0.476 e. The highest BCUT2D eigenvalue weighted by Crippen LogP contribution is 2.40. The summed E-state index contributed by atoms with van der Waals surface area (Å²) in [7, 11) is 3.15. The normalized spacial score (nSPS) is 15.6. The fraction of sp³-hybridized carbons (Fsp3) is 0.333. The molecule has 0 bridgehead atoms. The highest BCUT2D eigenvalue weighted by Gasteiger charge is 2.32. The van der Waals surface area contributed by atoms with Crippen LogP contribution >= 0.6 is 0 Å². The van der Waals surface area contributed by atoms with Gasteiger partial charge in [0.2, 0.25) is 17.7 Å². The van der Waals surface area contributed by atoms with E-state index < -0.39 is 30.9 Å². The van der Waals surface area contributed by atoms with Gasteiger partial charge in [-0.15, -0.1) is 5.10 Å². The molecular weight excluding hydrogens is 658 g/mol. The second kappa shape index (κ2) is 16.0. The number of carbonyl (C=O) groups is 2. The smallest absolute Gasteiger partial charge is 0.407 e. The molecule has 0 saturated carbocycles. The topological polar surface area (TPSA) is 110 Å². The molecule has 1 aliphatic heterocycles. The molecule has 264 valence electrons. The number of alkyl halides is 3. The molecule has 1 fully saturated rings. The Morgan fingerprint density at radius 2 is 1.82 bits per heavy atom. The first-order valence-electron chi connectivity index (χ1n) is 16.0. The van der Waals surface area contributed by atoms with Gasteiger partial charge in [-0.3, -0.25) is 4.79 Å². The van der Waals surface area contributed by atoms with Crippen LogP contribution in [-0.2, 0) is 9.53 Å². The zero-order chi connectivity index (χ0) is 35.8. The third-order valence-corrected chi connectivity index (χ3v) is 8.11. The second-order valence-electron chi connectivity index (χ2n) is 11.9. The van der Waals surface area contributed by atoms with Crippen molar-refractivity contribution in [3.05, 3.63) is 102 Å². The Bertz CT molecular complexity index is 1850. The van der Waals surface area contributed by atoms with E-state index in [4.69, 9.17) is 9.47 Å². The van der Waals surface area contributed by atoms with Crippen molar-refractivity contribution in [1.29, 1.82) is 0 Å². The van der Waals surface area contributed by atoms with Gasteiger partial charge in [-0.05, 0) is 59.7 Å². The number of ether oxygens (including phenoxy) is 2. The van der Waals surface area contributed by atoms with E-state index in [-0.39, 0.29) is 48.0 Å². The van der Waals surface area contributed by atoms with E-state index in [9.17, 15) is 27.9 Å². The summed E-state index contributed by atoms with van der Waals surface area (Å²) in [4.78, 5) is 30.1. The zero-order valence-corrected chi connectivity index (χ0v) is 27.6. The average molecular weight is 696 g/mol. The first kappa shape index (κ1) is 36.1. The van der Waals surface area contributed by atoms with Crippen LogP contribution in [0, 0.1) is 5.95 Å². The number of halogens is 4. The van der Waals surface area contributed by atoms with Crippen LogP contribution in [0.3, 0.4) is 0 Å².